The highest BCUT2D eigenvalue weighted by Crippen LogP contribution is 2.11. The summed E-state index contributed by atoms with van der Waals surface area (Å²) in [6.45, 7) is 1.76. The maximum absolute atomic E-state index is 11.9. The summed E-state index contributed by atoms with van der Waals surface area (Å²) in [7, 11) is 0. The van der Waals surface area contributed by atoms with E-state index in [0.29, 0.717) is 29.4 Å². The second-order valence-corrected chi connectivity index (χ2v) is 5.26. The van der Waals surface area contributed by atoms with Crippen molar-refractivity contribution >= 4 is 23.5 Å². The number of carboxylic acids is 1. The Labute approximate surface area is 143 Å². The third-order valence-corrected chi connectivity index (χ3v) is 3.19. The smallest absolute Gasteiger partial charge is 0.305 e. The average molecular weight is 346 g/mol. The lowest BCUT2D eigenvalue weighted by atomic mass is 10.2. The first-order chi connectivity index (χ1) is 11.9. The van der Waals surface area contributed by atoms with E-state index < -0.39 is 5.97 Å². The zero-order valence-corrected chi connectivity index (χ0v) is 13.6. The second-order valence-electron chi connectivity index (χ2n) is 5.26. The van der Waals surface area contributed by atoms with Crippen molar-refractivity contribution in [1.29, 1.82) is 0 Å². The molecule has 1 aromatic heterocycles. The Kier molecular flexibility index (Phi) is 6.21. The zero-order chi connectivity index (χ0) is 18.2. The van der Waals surface area contributed by atoms with Crippen molar-refractivity contribution in [3.05, 3.63) is 41.5 Å². The second kappa shape index (κ2) is 8.57. The summed E-state index contributed by atoms with van der Waals surface area (Å²) < 4.78 is 4.93. The van der Waals surface area contributed by atoms with Crippen molar-refractivity contribution in [2.75, 3.05) is 11.9 Å². The van der Waals surface area contributed by atoms with Crippen LogP contribution in [0.5, 0.6) is 0 Å². The molecule has 0 spiro atoms. The predicted molar refractivity (Wildman–Crippen MR) is 87.0 cm³/mol. The number of anilines is 1. The van der Waals surface area contributed by atoms with Gasteiger partial charge in [-0.25, -0.2) is 0 Å². The first-order valence-electron chi connectivity index (χ1n) is 7.63. The Morgan fingerprint density at radius 3 is 2.48 bits per heavy atom. The number of aromatic nitrogens is 2. The number of nitrogens with zero attached hydrogens (tertiary/aromatic N) is 2. The van der Waals surface area contributed by atoms with Gasteiger partial charge < -0.3 is 20.3 Å². The fourth-order valence-corrected chi connectivity index (χ4v) is 1.98. The van der Waals surface area contributed by atoms with Crippen LogP contribution in [0.4, 0.5) is 5.69 Å². The third kappa shape index (κ3) is 6.05. The highest BCUT2D eigenvalue weighted by molar-refractivity contribution is 5.95. The standard InChI is InChI=1S/C16H18N4O5/c1-10-18-14(25-20-10)7-6-13(21)19-12-4-2-11(3-5-12)16(24)17-9-8-15(22)23/h2-5H,6-9H2,1H3,(H,17,24)(H,19,21)(H,22,23). The number of benzene rings is 1. The molecule has 0 aliphatic rings. The average Bonchev–Trinajstić information content (AvgIpc) is 2.99. The Balaban J connectivity index is 1.79. The predicted octanol–water partition coefficient (Wildman–Crippen LogP) is 1.15. The molecule has 2 aromatic rings. The number of nitrogens with one attached hydrogen (secondary N) is 2. The van der Waals surface area contributed by atoms with Crippen LogP contribution >= 0.6 is 0 Å². The van der Waals surface area contributed by atoms with Gasteiger partial charge in [-0.3, -0.25) is 14.4 Å². The molecule has 25 heavy (non-hydrogen) atoms. The third-order valence-electron chi connectivity index (χ3n) is 3.19. The number of aliphatic carboxylic acids is 1. The van der Waals surface area contributed by atoms with E-state index in [2.05, 4.69) is 20.8 Å². The summed E-state index contributed by atoms with van der Waals surface area (Å²) >= 11 is 0. The van der Waals surface area contributed by atoms with E-state index in [-0.39, 0.29) is 31.2 Å². The molecule has 0 aliphatic heterocycles. The maximum atomic E-state index is 11.9. The van der Waals surface area contributed by atoms with Crippen LogP contribution in [0.3, 0.4) is 0 Å². The summed E-state index contributed by atoms with van der Waals surface area (Å²) in [4.78, 5) is 38.1. The minimum Gasteiger partial charge on any atom is -0.481 e. The molecule has 0 saturated carbocycles. The van der Waals surface area contributed by atoms with Gasteiger partial charge in [-0.1, -0.05) is 5.16 Å². The van der Waals surface area contributed by atoms with Crippen molar-refractivity contribution in [1.82, 2.24) is 15.5 Å². The first kappa shape index (κ1) is 18.1. The van der Waals surface area contributed by atoms with Crippen molar-refractivity contribution in [3.8, 4) is 0 Å². The zero-order valence-electron chi connectivity index (χ0n) is 13.6. The quantitative estimate of drug-likeness (QED) is 0.652. The van der Waals surface area contributed by atoms with Gasteiger partial charge in [0.25, 0.3) is 5.91 Å². The van der Waals surface area contributed by atoms with Crippen LogP contribution in [-0.4, -0.2) is 39.6 Å². The number of carbonyl (C=O) groups excluding carboxylic acids is 2. The van der Waals surface area contributed by atoms with Crippen LogP contribution in [0.2, 0.25) is 0 Å². The van der Waals surface area contributed by atoms with Crippen LogP contribution in [0.1, 0.15) is 34.9 Å². The van der Waals surface area contributed by atoms with Gasteiger partial charge in [0.2, 0.25) is 11.8 Å². The van der Waals surface area contributed by atoms with Gasteiger partial charge in [-0.2, -0.15) is 4.98 Å². The van der Waals surface area contributed by atoms with Crippen molar-refractivity contribution in [2.45, 2.75) is 26.2 Å². The summed E-state index contributed by atoms with van der Waals surface area (Å²) in [5, 5.41) is 17.4. The number of carbonyl (C=O) groups is 3. The monoisotopic (exact) mass is 346 g/mol. The fourth-order valence-electron chi connectivity index (χ4n) is 1.98. The normalized spacial score (nSPS) is 10.3. The molecular weight excluding hydrogens is 328 g/mol. The van der Waals surface area contributed by atoms with Crippen LogP contribution in [0, 0.1) is 6.92 Å². The number of aryl methyl sites for hydroxylation is 2. The molecule has 0 unspecified atom stereocenters. The molecule has 2 rings (SSSR count). The molecule has 2 amide bonds. The van der Waals surface area contributed by atoms with Gasteiger partial charge in [-0.05, 0) is 31.2 Å². The van der Waals surface area contributed by atoms with Crippen LogP contribution in [0.25, 0.3) is 0 Å². The maximum Gasteiger partial charge on any atom is 0.305 e. The number of hydrogen-bond donors (Lipinski definition) is 3. The van der Waals surface area contributed by atoms with E-state index in [1.807, 2.05) is 0 Å². The first-order valence-corrected chi connectivity index (χ1v) is 7.63. The summed E-state index contributed by atoms with van der Waals surface area (Å²) in [6, 6.07) is 6.29. The lowest BCUT2D eigenvalue weighted by molar-refractivity contribution is -0.136. The van der Waals surface area contributed by atoms with E-state index in [1.165, 1.54) is 0 Å². The van der Waals surface area contributed by atoms with E-state index in [0.717, 1.165) is 0 Å². The number of rotatable bonds is 8. The Bertz CT molecular complexity index is 754. The highest BCUT2D eigenvalue weighted by atomic mass is 16.5. The number of hydrogen-bond acceptors (Lipinski definition) is 6. The highest BCUT2D eigenvalue weighted by Gasteiger charge is 2.09. The number of carboxylic acid groups (broad SMARTS) is 1. The van der Waals surface area contributed by atoms with Gasteiger partial charge in [0.15, 0.2) is 5.82 Å². The topological polar surface area (TPSA) is 134 Å². The van der Waals surface area contributed by atoms with Gasteiger partial charge in [0, 0.05) is 30.6 Å². The molecule has 1 heterocycles. The molecule has 9 heteroatoms. The van der Waals surface area contributed by atoms with E-state index in [1.54, 1.807) is 31.2 Å². The van der Waals surface area contributed by atoms with Crippen LogP contribution in [0.15, 0.2) is 28.8 Å². The minimum absolute atomic E-state index is 0.0573. The molecule has 0 saturated heterocycles. The van der Waals surface area contributed by atoms with E-state index in [4.69, 9.17) is 9.63 Å². The Morgan fingerprint density at radius 2 is 1.88 bits per heavy atom. The van der Waals surface area contributed by atoms with Crippen molar-refractivity contribution in [2.24, 2.45) is 0 Å². The molecule has 3 N–H and O–H groups in total. The minimum atomic E-state index is -0.978. The van der Waals surface area contributed by atoms with Gasteiger partial charge >= 0.3 is 5.97 Å². The van der Waals surface area contributed by atoms with Crippen LogP contribution < -0.4 is 10.6 Å². The molecule has 1 aromatic carbocycles. The molecular formula is C16H18N4O5. The Morgan fingerprint density at radius 1 is 1.16 bits per heavy atom. The molecule has 0 aliphatic carbocycles. The van der Waals surface area contributed by atoms with Crippen molar-refractivity contribution < 1.29 is 24.0 Å². The Hall–Kier alpha value is -3.23. The summed E-state index contributed by atoms with van der Waals surface area (Å²) in [5.74, 6) is -0.636. The lowest BCUT2D eigenvalue weighted by Crippen LogP contribution is -2.25. The fraction of sp³-hybridized carbons (Fsp3) is 0.312. The molecule has 0 radical (unpaired) electrons. The summed E-state index contributed by atoms with van der Waals surface area (Å²) in [5.41, 5.74) is 0.929. The van der Waals surface area contributed by atoms with Crippen LogP contribution in [-0.2, 0) is 16.0 Å². The van der Waals surface area contributed by atoms with Gasteiger partial charge in [0.1, 0.15) is 0 Å². The lowest BCUT2D eigenvalue weighted by Gasteiger charge is -2.06. The summed E-state index contributed by atoms with van der Waals surface area (Å²) in [6.07, 6.45) is 0.398. The van der Waals surface area contributed by atoms with Gasteiger partial charge in [-0.15, -0.1) is 0 Å². The largest absolute Gasteiger partial charge is 0.481 e. The van der Waals surface area contributed by atoms with E-state index >= 15 is 0 Å². The molecule has 0 bridgehead atoms. The SMILES string of the molecule is Cc1noc(CCC(=O)Nc2ccc(C(=O)NCCC(=O)O)cc2)n1. The molecule has 0 fully saturated rings. The van der Waals surface area contributed by atoms with Crippen molar-refractivity contribution in [3.63, 3.8) is 0 Å². The number of amides is 2. The van der Waals surface area contributed by atoms with Gasteiger partial charge in [0.05, 0.1) is 6.42 Å². The molecule has 9 nitrogen and oxygen atoms in total. The van der Waals surface area contributed by atoms with E-state index in [9.17, 15) is 14.4 Å². The molecule has 132 valence electrons. The molecule has 0 atom stereocenters.